The largest absolute Gasteiger partial charge is 0.455 e. The van der Waals surface area contributed by atoms with Crippen LogP contribution in [0.1, 0.15) is 22.3 Å². The lowest BCUT2D eigenvalue weighted by Gasteiger charge is -2.48. The van der Waals surface area contributed by atoms with Crippen molar-refractivity contribution in [3.8, 4) is 44.5 Å². The SMILES string of the molecule is [B]1c2cccc3c2N(c2ccccc2C32c3ccccc3-c3ccccc32)c2cc3c(oc4ccccc43)c(-c3ccc(-c4ccccc4)cc3Nc3ccc(-c4ccccc4)cc3)c21. The summed E-state index contributed by atoms with van der Waals surface area (Å²) in [6.07, 6.45) is 0. The summed E-state index contributed by atoms with van der Waals surface area (Å²) in [5.41, 5.74) is 23.7. The van der Waals surface area contributed by atoms with Crippen molar-refractivity contribution < 1.29 is 4.42 Å². The maximum Gasteiger partial charge on any atom is 0.198 e. The van der Waals surface area contributed by atoms with Gasteiger partial charge in [0, 0.05) is 44.6 Å². The van der Waals surface area contributed by atoms with E-state index in [1.54, 1.807) is 0 Å². The Morgan fingerprint density at radius 1 is 0.431 bits per heavy atom. The molecule has 0 saturated heterocycles. The first-order valence-corrected chi connectivity index (χ1v) is 22.4. The third-order valence-corrected chi connectivity index (χ3v) is 14.1. The number of para-hydroxylation sites is 3. The Hall–Kier alpha value is -8.34. The van der Waals surface area contributed by atoms with Gasteiger partial charge >= 0.3 is 0 Å². The molecule has 1 spiro atoms. The van der Waals surface area contributed by atoms with Crippen LogP contribution < -0.4 is 21.1 Å². The zero-order chi connectivity index (χ0) is 42.6. The Morgan fingerprint density at radius 3 is 1.78 bits per heavy atom. The maximum atomic E-state index is 7.04. The fourth-order valence-electron chi connectivity index (χ4n) is 11.4. The Labute approximate surface area is 378 Å². The topological polar surface area (TPSA) is 28.4 Å². The van der Waals surface area contributed by atoms with Crippen molar-refractivity contribution in [2.75, 3.05) is 10.2 Å². The number of nitrogens with one attached hydrogen (secondary N) is 1. The number of hydrogen-bond donors (Lipinski definition) is 1. The summed E-state index contributed by atoms with van der Waals surface area (Å²) >= 11 is 0. The summed E-state index contributed by atoms with van der Waals surface area (Å²) in [5, 5.41) is 6.11. The number of benzene rings is 10. The lowest BCUT2D eigenvalue weighted by molar-refractivity contribution is 0.670. The van der Waals surface area contributed by atoms with Gasteiger partial charge in [-0.3, -0.25) is 0 Å². The van der Waals surface area contributed by atoms with E-state index in [2.05, 4.69) is 242 Å². The number of nitrogens with zero attached hydrogens (tertiary/aromatic N) is 1. The van der Waals surface area contributed by atoms with E-state index >= 15 is 0 Å². The Balaban J connectivity index is 1.03. The third-order valence-electron chi connectivity index (χ3n) is 14.1. The fourth-order valence-corrected chi connectivity index (χ4v) is 11.4. The van der Waals surface area contributed by atoms with E-state index in [9.17, 15) is 0 Å². The number of rotatable bonds is 5. The third kappa shape index (κ3) is 5.14. The van der Waals surface area contributed by atoms with Gasteiger partial charge in [0.15, 0.2) is 7.28 Å². The molecule has 11 aromatic rings. The first-order valence-electron chi connectivity index (χ1n) is 22.4. The van der Waals surface area contributed by atoms with Gasteiger partial charge in [0.25, 0.3) is 0 Å². The van der Waals surface area contributed by atoms with Crippen LogP contribution in [-0.4, -0.2) is 7.28 Å². The van der Waals surface area contributed by atoms with Gasteiger partial charge in [0.05, 0.1) is 11.1 Å². The highest BCUT2D eigenvalue weighted by atomic mass is 16.3. The molecule has 3 heterocycles. The average molecular weight is 826 g/mol. The summed E-state index contributed by atoms with van der Waals surface area (Å²) in [7, 11) is 2.42. The predicted molar refractivity (Wildman–Crippen MR) is 270 cm³/mol. The van der Waals surface area contributed by atoms with Crippen LogP contribution >= 0.6 is 0 Å². The second kappa shape index (κ2) is 13.8. The molecule has 1 N–H and O–H groups in total. The van der Waals surface area contributed by atoms with E-state index in [4.69, 9.17) is 4.42 Å². The lowest BCUT2D eigenvalue weighted by Crippen LogP contribution is -2.47. The fraction of sp³-hybridized carbons (Fsp3) is 0.0164. The molecule has 0 atom stereocenters. The van der Waals surface area contributed by atoms with Crippen LogP contribution in [0.4, 0.5) is 28.4 Å². The minimum atomic E-state index is -0.493. The number of anilines is 5. The van der Waals surface area contributed by atoms with Gasteiger partial charge in [-0.1, -0.05) is 194 Å². The molecule has 65 heavy (non-hydrogen) atoms. The molecule has 1 aliphatic carbocycles. The number of hydrogen-bond acceptors (Lipinski definition) is 3. The second-order valence-corrected chi connectivity index (χ2v) is 17.4. The van der Waals surface area contributed by atoms with E-state index in [-0.39, 0.29) is 0 Å². The van der Waals surface area contributed by atoms with Crippen molar-refractivity contribution in [2.45, 2.75) is 5.41 Å². The zero-order valence-corrected chi connectivity index (χ0v) is 35.3. The standard InChI is InChI=1S/C61H38BN2O/c1-3-16-38(17-4-1)40-30-33-42(34-31-40)63-53-36-41(39-18-5-2-6-19-39)32-35-46(53)57-58-55(37-47-45-22-9-14-29-56(45)65-60(47)57)64-54-28-13-12-25-50(54)61(51-26-15-27-52(62-58)59(51)64)48-23-10-7-20-43(48)44-21-8-11-24-49(44)61/h1-37,63H. The minimum Gasteiger partial charge on any atom is -0.455 e. The van der Waals surface area contributed by atoms with Crippen molar-refractivity contribution in [1.82, 2.24) is 0 Å². The average Bonchev–Trinajstić information content (AvgIpc) is 3.89. The van der Waals surface area contributed by atoms with Crippen molar-refractivity contribution in [3.63, 3.8) is 0 Å². The Morgan fingerprint density at radius 2 is 1.03 bits per heavy atom. The molecule has 3 nitrogen and oxygen atoms in total. The van der Waals surface area contributed by atoms with E-state index in [1.807, 2.05) is 0 Å². The molecule has 1 radical (unpaired) electrons. The van der Waals surface area contributed by atoms with Crippen LogP contribution in [0.5, 0.6) is 0 Å². The molecule has 14 rings (SSSR count). The van der Waals surface area contributed by atoms with Crippen molar-refractivity contribution in [1.29, 1.82) is 0 Å². The van der Waals surface area contributed by atoms with E-state index < -0.39 is 5.41 Å². The molecular formula is C61H38BN2O. The van der Waals surface area contributed by atoms with Crippen molar-refractivity contribution in [3.05, 3.63) is 247 Å². The van der Waals surface area contributed by atoms with Crippen LogP contribution in [0.2, 0.25) is 0 Å². The van der Waals surface area contributed by atoms with Crippen LogP contribution in [0.25, 0.3) is 66.4 Å². The van der Waals surface area contributed by atoms with Gasteiger partial charge in [-0.15, -0.1) is 0 Å². The van der Waals surface area contributed by atoms with Crippen LogP contribution in [0, 0.1) is 0 Å². The summed E-state index contributed by atoms with van der Waals surface area (Å²) < 4.78 is 7.04. The second-order valence-electron chi connectivity index (χ2n) is 17.4. The highest BCUT2D eigenvalue weighted by Crippen LogP contribution is 2.63. The highest BCUT2D eigenvalue weighted by molar-refractivity contribution is 6.74. The molecule has 10 aromatic carbocycles. The highest BCUT2D eigenvalue weighted by Gasteiger charge is 2.53. The summed E-state index contributed by atoms with van der Waals surface area (Å²) in [5.74, 6) is 0. The Kier molecular flexibility index (Phi) is 7.70. The van der Waals surface area contributed by atoms with Crippen LogP contribution in [0.15, 0.2) is 229 Å². The first kappa shape index (κ1) is 36.2. The van der Waals surface area contributed by atoms with Gasteiger partial charge < -0.3 is 14.6 Å². The molecule has 0 amide bonds. The van der Waals surface area contributed by atoms with E-state index in [1.165, 1.54) is 61.3 Å². The number of furan rings is 1. The number of fused-ring (bicyclic) bond motifs is 14. The van der Waals surface area contributed by atoms with Crippen LogP contribution in [0.3, 0.4) is 0 Å². The van der Waals surface area contributed by atoms with Gasteiger partial charge in [0.2, 0.25) is 0 Å². The molecule has 2 aliphatic heterocycles. The van der Waals surface area contributed by atoms with Gasteiger partial charge in [-0.25, -0.2) is 0 Å². The minimum absolute atomic E-state index is 0.493. The smallest absolute Gasteiger partial charge is 0.198 e. The van der Waals surface area contributed by atoms with Crippen LogP contribution in [-0.2, 0) is 5.41 Å². The quantitative estimate of drug-likeness (QED) is 0.175. The Bertz CT molecular complexity index is 3680. The molecule has 301 valence electrons. The molecule has 0 unspecified atom stereocenters. The van der Waals surface area contributed by atoms with Gasteiger partial charge in [-0.05, 0) is 97.5 Å². The molecular weight excluding hydrogens is 787 g/mol. The van der Waals surface area contributed by atoms with E-state index in [0.717, 1.165) is 66.7 Å². The monoisotopic (exact) mass is 825 g/mol. The van der Waals surface area contributed by atoms with Gasteiger partial charge in [0.1, 0.15) is 11.2 Å². The summed E-state index contributed by atoms with van der Waals surface area (Å²) in [4.78, 5) is 2.56. The van der Waals surface area contributed by atoms with Crippen molar-refractivity contribution >= 4 is 68.6 Å². The molecule has 1 aromatic heterocycles. The van der Waals surface area contributed by atoms with E-state index in [0.29, 0.717) is 0 Å². The summed E-state index contributed by atoms with van der Waals surface area (Å²) in [6, 6.07) is 81.8. The first-order chi connectivity index (χ1) is 32.2. The zero-order valence-electron chi connectivity index (χ0n) is 35.3. The molecule has 0 bridgehead atoms. The van der Waals surface area contributed by atoms with Crippen molar-refractivity contribution in [2.24, 2.45) is 0 Å². The molecule has 0 saturated carbocycles. The molecule has 3 aliphatic rings. The predicted octanol–water partition coefficient (Wildman–Crippen LogP) is 14.4. The maximum absolute atomic E-state index is 7.04. The summed E-state index contributed by atoms with van der Waals surface area (Å²) in [6.45, 7) is 0. The normalized spacial score (nSPS) is 13.4. The lowest BCUT2D eigenvalue weighted by atomic mass is 9.54. The van der Waals surface area contributed by atoms with Gasteiger partial charge in [-0.2, -0.15) is 0 Å². The molecule has 0 fully saturated rings. The molecule has 4 heteroatoms.